The molecule has 66 valence electrons. The molecule has 0 radical (unpaired) electrons. The molecule has 0 saturated heterocycles. The van der Waals surface area contributed by atoms with E-state index in [2.05, 4.69) is 0 Å². The lowest BCUT2D eigenvalue weighted by molar-refractivity contribution is 0.146. The van der Waals surface area contributed by atoms with Gasteiger partial charge >= 0.3 is 0 Å². The number of alkyl halides is 2. The molecule has 12 heavy (non-hydrogen) atoms. The Kier molecular flexibility index (Phi) is 3.03. The zero-order valence-electron chi connectivity index (χ0n) is 6.35. The summed E-state index contributed by atoms with van der Waals surface area (Å²) in [5, 5.41) is 0. The van der Waals surface area contributed by atoms with Gasteiger partial charge in [0.05, 0.1) is 5.56 Å². The van der Waals surface area contributed by atoms with Crippen LogP contribution in [0.3, 0.4) is 0 Å². The van der Waals surface area contributed by atoms with Crippen LogP contribution < -0.4 is 0 Å². The van der Waals surface area contributed by atoms with Crippen molar-refractivity contribution in [2.24, 2.45) is 0 Å². The Bertz CT molecular complexity index is 273. The van der Waals surface area contributed by atoms with Gasteiger partial charge in [0, 0.05) is 4.90 Å². The van der Waals surface area contributed by atoms with Gasteiger partial charge in [-0.15, -0.1) is 11.8 Å². The van der Waals surface area contributed by atoms with Crippen LogP contribution in [0.15, 0.2) is 23.1 Å². The topological polar surface area (TPSA) is 0 Å². The second-order valence-corrected chi connectivity index (χ2v) is 3.07. The van der Waals surface area contributed by atoms with Crippen LogP contribution in [0.4, 0.5) is 13.2 Å². The number of rotatable bonds is 2. The van der Waals surface area contributed by atoms with Crippen molar-refractivity contribution >= 4 is 11.8 Å². The van der Waals surface area contributed by atoms with Gasteiger partial charge in [0.1, 0.15) is 5.82 Å². The Hall–Kier alpha value is -0.640. The van der Waals surface area contributed by atoms with Crippen molar-refractivity contribution in [3.05, 3.63) is 29.6 Å². The smallest absolute Gasteiger partial charge is 0.206 e. The molecule has 0 aliphatic rings. The number of benzene rings is 1. The Morgan fingerprint density at radius 1 is 1.33 bits per heavy atom. The molecule has 0 N–H and O–H groups in total. The van der Waals surface area contributed by atoms with Crippen LogP contribution in [-0.2, 0) is 0 Å². The molecule has 0 spiro atoms. The van der Waals surface area contributed by atoms with Gasteiger partial charge in [-0.25, -0.2) is 13.2 Å². The van der Waals surface area contributed by atoms with E-state index in [0.29, 0.717) is 4.90 Å². The van der Waals surface area contributed by atoms with E-state index >= 15 is 0 Å². The lowest BCUT2D eigenvalue weighted by Gasteiger charge is -2.03. The third-order valence-electron chi connectivity index (χ3n) is 1.44. The minimum Gasteiger partial charge on any atom is -0.206 e. The lowest BCUT2D eigenvalue weighted by atomic mass is 10.2. The maximum atomic E-state index is 12.7. The first-order valence-corrected chi connectivity index (χ1v) is 4.49. The van der Waals surface area contributed by atoms with Gasteiger partial charge in [-0.1, -0.05) is 0 Å². The Balaban J connectivity index is 3.08. The van der Waals surface area contributed by atoms with E-state index in [9.17, 15) is 13.2 Å². The quantitative estimate of drug-likeness (QED) is 0.646. The Morgan fingerprint density at radius 2 is 2.00 bits per heavy atom. The normalized spacial score (nSPS) is 10.8. The van der Waals surface area contributed by atoms with E-state index in [-0.39, 0.29) is 0 Å². The first-order valence-electron chi connectivity index (χ1n) is 3.26. The number of halogens is 3. The fourth-order valence-corrected chi connectivity index (χ4v) is 1.26. The van der Waals surface area contributed by atoms with Crippen LogP contribution in [0, 0.1) is 5.82 Å². The van der Waals surface area contributed by atoms with Gasteiger partial charge in [0.15, 0.2) is 0 Å². The third kappa shape index (κ3) is 1.94. The second kappa shape index (κ2) is 3.85. The Morgan fingerprint density at radius 3 is 2.50 bits per heavy atom. The summed E-state index contributed by atoms with van der Waals surface area (Å²) in [6, 6.07) is 3.71. The molecular formula is C8H7F3S. The minimum atomic E-state index is -2.74. The van der Waals surface area contributed by atoms with Crippen LogP contribution in [0.2, 0.25) is 0 Å². The number of hydrogen-bond donors (Lipinski definition) is 0. The van der Waals surface area contributed by atoms with Gasteiger partial charge in [-0.2, -0.15) is 0 Å². The van der Waals surface area contributed by atoms with Crippen LogP contribution in [0.25, 0.3) is 0 Å². The van der Waals surface area contributed by atoms with Gasteiger partial charge in [0.2, 0.25) is 0 Å². The first-order chi connectivity index (χ1) is 5.65. The predicted molar refractivity (Wildman–Crippen MR) is 43.1 cm³/mol. The van der Waals surface area contributed by atoms with E-state index < -0.39 is 17.8 Å². The highest BCUT2D eigenvalue weighted by molar-refractivity contribution is 7.98. The molecule has 0 heterocycles. The molecule has 0 aromatic heterocycles. The first kappa shape index (κ1) is 9.45. The maximum absolute atomic E-state index is 12.7. The van der Waals surface area contributed by atoms with Crippen molar-refractivity contribution in [1.29, 1.82) is 0 Å². The molecule has 0 aliphatic heterocycles. The molecule has 4 heteroatoms. The lowest BCUT2D eigenvalue weighted by Crippen LogP contribution is -1.90. The summed E-state index contributed by atoms with van der Waals surface area (Å²) in [6.45, 7) is 0. The third-order valence-corrected chi connectivity index (χ3v) is 2.16. The molecule has 0 nitrogen and oxygen atoms in total. The molecule has 0 aliphatic carbocycles. The summed E-state index contributed by atoms with van der Waals surface area (Å²) in [4.78, 5) is 0.645. The van der Waals surface area contributed by atoms with E-state index in [1.54, 1.807) is 6.26 Å². The van der Waals surface area contributed by atoms with Crippen molar-refractivity contribution in [2.75, 3.05) is 6.26 Å². The summed E-state index contributed by atoms with van der Waals surface area (Å²) in [5.41, 5.74) is -0.526. The highest BCUT2D eigenvalue weighted by Crippen LogP contribution is 2.26. The van der Waals surface area contributed by atoms with Crippen molar-refractivity contribution in [2.45, 2.75) is 11.3 Å². The van der Waals surface area contributed by atoms with Crippen molar-refractivity contribution < 1.29 is 13.2 Å². The van der Waals surface area contributed by atoms with Gasteiger partial charge in [-0.05, 0) is 24.5 Å². The molecule has 1 rings (SSSR count). The fourth-order valence-electron chi connectivity index (χ4n) is 0.816. The maximum Gasteiger partial charge on any atom is 0.266 e. The SMILES string of the molecule is CSc1ccc(F)c(C(F)F)c1. The van der Waals surface area contributed by atoms with Gasteiger partial charge in [-0.3, -0.25) is 0 Å². The molecule has 0 bridgehead atoms. The largest absolute Gasteiger partial charge is 0.266 e. The van der Waals surface area contributed by atoms with Crippen LogP contribution in [0.5, 0.6) is 0 Å². The van der Waals surface area contributed by atoms with Crippen molar-refractivity contribution in [3.63, 3.8) is 0 Å². The zero-order chi connectivity index (χ0) is 9.14. The van der Waals surface area contributed by atoms with Crippen LogP contribution in [0.1, 0.15) is 12.0 Å². The van der Waals surface area contributed by atoms with E-state index in [1.165, 1.54) is 23.9 Å². The summed E-state index contributed by atoms with van der Waals surface area (Å²) in [5.74, 6) is -0.845. The molecule has 0 amide bonds. The molecule has 1 aromatic rings. The number of thioether (sulfide) groups is 1. The average molecular weight is 192 g/mol. The van der Waals surface area contributed by atoms with E-state index in [4.69, 9.17) is 0 Å². The summed E-state index contributed by atoms with van der Waals surface area (Å²) < 4.78 is 36.9. The molecule has 0 unspecified atom stereocenters. The van der Waals surface area contributed by atoms with Crippen molar-refractivity contribution in [1.82, 2.24) is 0 Å². The Labute approximate surface area is 72.8 Å². The highest BCUT2D eigenvalue weighted by Gasteiger charge is 2.12. The second-order valence-electron chi connectivity index (χ2n) is 2.19. The molecular weight excluding hydrogens is 185 g/mol. The monoisotopic (exact) mass is 192 g/mol. The summed E-state index contributed by atoms with van der Waals surface area (Å²) in [6.07, 6.45) is -0.986. The molecule has 0 atom stereocenters. The standard InChI is InChI=1S/C8H7F3S/c1-12-5-2-3-7(9)6(4-5)8(10)11/h2-4,8H,1H3. The van der Waals surface area contributed by atoms with Crippen LogP contribution >= 0.6 is 11.8 Å². The van der Waals surface area contributed by atoms with E-state index in [0.717, 1.165) is 6.07 Å². The predicted octanol–water partition coefficient (Wildman–Crippen LogP) is 3.49. The number of hydrogen-bond acceptors (Lipinski definition) is 1. The minimum absolute atomic E-state index is 0.526. The molecule has 1 aromatic carbocycles. The van der Waals surface area contributed by atoms with Crippen LogP contribution in [-0.4, -0.2) is 6.26 Å². The summed E-state index contributed by atoms with van der Waals surface area (Å²) >= 11 is 1.31. The van der Waals surface area contributed by atoms with E-state index in [1.807, 2.05) is 0 Å². The van der Waals surface area contributed by atoms with Gasteiger partial charge in [0.25, 0.3) is 6.43 Å². The fraction of sp³-hybridized carbons (Fsp3) is 0.250. The molecule has 0 saturated carbocycles. The summed E-state index contributed by atoms with van der Waals surface area (Å²) in [7, 11) is 0. The average Bonchev–Trinajstić information content (AvgIpc) is 2.05. The highest BCUT2D eigenvalue weighted by atomic mass is 32.2. The van der Waals surface area contributed by atoms with Crippen molar-refractivity contribution in [3.8, 4) is 0 Å². The zero-order valence-corrected chi connectivity index (χ0v) is 7.17. The molecule has 0 fully saturated rings. The van der Waals surface area contributed by atoms with Gasteiger partial charge < -0.3 is 0 Å².